The Morgan fingerprint density at radius 2 is 1.43 bits per heavy atom. The molecule has 0 aliphatic rings. The molecule has 0 bridgehead atoms. The lowest BCUT2D eigenvalue weighted by Gasteiger charge is -2.27. The van der Waals surface area contributed by atoms with Crippen molar-refractivity contribution < 1.29 is 5.11 Å². The summed E-state index contributed by atoms with van der Waals surface area (Å²) in [5, 5.41) is 9.48. The number of alkyl halides is 1. The molecule has 0 fully saturated rings. The molecule has 2 nitrogen and oxygen atoms in total. The van der Waals surface area contributed by atoms with E-state index < -0.39 is 6.10 Å². The second kappa shape index (κ2) is 7.49. The first-order valence-electron chi connectivity index (χ1n) is 5.42. The predicted molar refractivity (Wildman–Crippen MR) is 62.8 cm³/mol. The van der Waals surface area contributed by atoms with Gasteiger partial charge >= 0.3 is 0 Å². The number of aliphatic hydroxyl groups is 1. The summed E-state index contributed by atoms with van der Waals surface area (Å²) in [6.45, 7) is 11.5. The van der Waals surface area contributed by atoms with E-state index in [1.807, 2.05) is 0 Å². The standard InChI is InChI=1S/C11H24ClNO/c1-9(2)6-13(7-10(3)4)8-11(14)5-12/h9-11,14H,5-8H2,1-4H3. The average Bonchev–Trinajstić information content (AvgIpc) is 2.01. The smallest absolute Gasteiger partial charge is 0.0802 e. The number of hydrogen-bond acceptors (Lipinski definition) is 2. The van der Waals surface area contributed by atoms with Gasteiger partial charge in [-0.05, 0) is 11.8 Å². The molecule has 0 aliphatic heterocycles. The molecule has 0 radical (unpaired) electrons. The van der Waals surface area contributed by atoms with Gasteiger partial charge in [0, 0.05) is 25.5 Å². The average molecular weight is 222 g/mol. The maximum absolute atomic E-state index is 9.48. The molecule has 0 aliphatic carbocycles. The summed E-state index contributed by atoms with van der Waals surface area (Å²) in [5.74, 6) is 1.60. The summed E-state index contributed by atoms with van der Waals surface area (Å²) in [6, 6.07) is 0. The van der Waals surface area contributed by atoms with Crippen LogP contribution in [0.15, 0.2) is 0 Å². The molecule has 3 heteroatoms. The van der Waals surface area contributed by atoms with E-state index in [1.165, 1.54) is 0 Å². The van der Waals surface area contributed by atoms with Crippen molar-refractivity contribution in [1.29, 1.82) is 0 Å². The minimum absolute atomic E-state index is 0.326. The van der Waals surface area contributed by atoms with Gasteiger partial charge in [-0.25, -0.2) is 0 Å². The van der Waals surface area contributed by atoms with Crippen molar-refractivity contribution in [2.75, 3.05) is 25.5 Å². The molecule has 1 unspecified atom stereocenters. The van der Waals surface area contributed by atoms with E-state index in [-0.39, 0.29) is 0 Å². The highest BCUT2D eigenvalue weighted by molar-refractivity contribution is 6.18. The number of halogens is 1. The summed E-state index contributed by atoms with van der Waals surface area (Å²) < 4.78 is 0. The molecular formula is C11H24ClNO. The Balaban J connectivity index is 3.96. The van der Waals surface area contributed by atoms with Crippen LogP contribution in [0.1, 0.15) is 27.7 Å². The molecule has 0 aromatic heterocycles. The van der Waals surface area contributed by atoms with Gasteiger partial charge in [0.15, 0.2) is 0 Å². The van der Waals surface area contributed by atoms with Crippen molar-refractivity contribution in [3.05, 3.63) is 0 Å². The highest BCUT2D eigenvalue weighted by atomic mass is 35.5. The first kappa shape index (κ1) is 14.2. The Morgan fingerprint density at radius 3 is 1.71 bits per heavy atom. The van der Waals surface area contributed by atoms with Gasteiger partial charge in [0.2, 0.25) is 0 Å². The van der Waals surface area contributed by atoms with E-state index in [4.69, 9.17) is 11.6 Å². The van der Waals surface area contributed by atoms with Crippen LogP contribution in [0.4, 0.5) is 0 Å². The lowest BCUT2D eigenvalue weighted by atomic mass is 10.1. The number of rotatable bonds is 7. The van der Waals surface area contributed by atoms with Gasteiger partial charge < -0.3 is 10.0 Å². The summed E-state index contributed by atoms with van der Waals surface area (Å²) in [7, 11) is 0. The fourth-order valence-corrected chi connectivity index (χ4v) is 1.70. The summed E-state index contributed by atoms with van der Waals surface area (Å²) >= 11 is 5.59. The molecular weight excluding hydrogens is 198 g/mol. The molecule has 0 spiro atoms. The van der Waals surface area contributed by atoms with Gasteiger partial charge in [-0.3, -0.25) is 0 Å². The van der Waals surface area contributed by atoms with Gasteiger partial charge in [0.25, 0.3) is 0 Å². The molecule has 0 aromatic carbocycles. The van der Waals surface area contributed by atoms with Crippen LogP contribution in [-0.2, 0) is 0 Å². The largest absolute Gasteiger partial charge is 0.391 e. The lowest BCUT2D eigenvalue weighted by molar-refractivity contribution is 0.113. The van der Waals surface area contributed by atoms with Crippen molar-refractivity contribution in [3.8, 4) is 0 Å². The zero-order valence-electron chi connectivity index (χ0n) is 9.83. The highest BCUT2D eigenvalue weighted by Crippen LogP contribution is 2.05. The van der Waals surface area contributed by atoms with Crippen LogP contribution in [0, 0.1) is 11.8 Å². The third kappa shape index (κ3) is 7.60. The molecule has 1 atom stereocenters. The maximum atomic E-state index is 9.48. The van der Waals surface area contributed by atoms with Crippen LogP contribution in [-0.4, -0.2) is 41.6 Å². The van der Waals surface area contributed by atoms with Crippen LogP contribution >= 0.6 is 11.6 Å². The summed E-state index contributed by atoms with van der Waals surface area (Å²) in [6.07, 6.45) is -0.394. The number of hydrogen-bond donors (Lipinski definition) is 1. The Labute approximate surface area is 93.2 Å². The topological polar surface area (TPSA) is 23.5 Å². The quantitative estimate of drug-likeness (QED) is 0.667. The van der Waals surface area contributed by atoms with Crippen molar-refractivity contribution >= 4 is 11.6 Å². The summed E-state index contributed by atoms with van der Waals surface area (Å²) in [4.78, 5) is 2.29. The normalized spacial score (nSPS) is 14.4. The van der Waals surface area contributed by atoms with E-state index >= 15 is 0 Å². The minimum Gasteiger partial charge on any atom is -0.391 e. The van der Waals surface area contributed by atoms with E-state index in [9.17, 15) is 5.11 Å². The Hall–Kier alpha value is 0.210. The molecule has 0 saturated carbocycles. The van der Waals surface area contributed by atoms with E-state index in [1.54, 1.807) is 0 Å². The summed E-state index contributed by atoms with van der Waals surface area (Å²) in [5.41, 5.74) is 0. The first-order valence-corrected chi connectivity index (χ1v) is 5.95. The molecule has 0 saturated heterocycles. The van der Waals surface area contributed by atoms with Crippen LogP contribution in [0.25, 0.3) is 0 Å². The third-order valence-corrected chi connectivity index (χ3v) is 2.25. The highest BCUT2D eigenvalue weighted by Gasteiger charge is 2.13. The Kier molecular flexibility index (Phi) is 7.61. The van der Waals surface area contributed by atoms with E-state index in [2.05, 4.69) is 32.6 Å². The van der Waals surface area contributed by atoms with Crippen molar-refractivity contribution in [2.45, 2.75) is 33.8 Å². The van der Waals surface area contributed by atoms with Gasteiger partial charge in [0.1, 0.15) is 0 Å². The minimum atomic E-state index is -0.394. The fraction of sp³-hybridized carbons (Fsp3) is 1.00. The fourth-order valence-electron chi connectivity index (χ4n) is 1.60. The zero-order valence-corrected chi connectivity index (χ0v) is 10.6. The molecule has 86 valence electrons. The van der Waals surface area contributed by atoms with Crippen LogP contribution in [0.5, 0.6) is 0 Å². The monoisotopic (exact) mass is 221 g/mol. The lowest BCUT2D eigenvalue weighted by Crippen LogP contribution is -2.38. The predicted octanol–water partition coefficient (Wildman–Crippen LogP) is 2.20. The van der Waals surface area contributed by atoms with Crippen molar-refractivity contribution in [1.82, 2.24) is 4.90 Å². The van der Waals surface area contributed by atoms with E-state index in [0.29, 0.717) is 24.3 Å². The SMILES string of the molecule is CC(C)CN(CC(C)C)CC(O)CCl. The molecule has 0 rings (SSSR count). The maximum Gasteiger partial charge on any atom is 0.0802 e. The molecule has 0 aromatic rings. The Morgan fingerprint density at radius 1 is 1.00 bits per heavy atom. The number of nitrogens with zero attached hydrogens (tertiary/aromatic N) is 1. The number of aliphatic hydroxyl groups excluding tert-OH is 1. The van der Waals surface area contributed by atoms with Crippen LogP contribution in [0.2, 0.25) is 0 Å². The van der Waals surface area contributed by atoms with Gasteiger partial charge in [-0.2, -0.15) is 0 Å². The van der Waals surface area contributed by atoms with Crippen molar-refractivity contribution in [3.63, 3.8) is 0 Å². The second-order valence-electron chi connectivity index (χ2n) is 4.81. The third-order valence-electron chi connectivity index (χ3n) is 1.89. The van der Waals surface area contributed by atoms with Crippen LogP contribution in [0.3, 0.4) is 0 Å². The van der Waals surface area contributed by atoms with E-state index in [0.717, 1.165) is 13.1 Å². The van der Waals surface area contributed by atoms with Gasteiger partial charge in [0.05, 0.1) is 6.10 Å². The van der Waals surface area contributed by atoms with Crippen LogP contribution < -0.4 is 0 Å². The molecule has 0 amide bonds. The van der Waals surface area contributed by atoms with Gasteiger partial charge in [-0.15, -0.1) is 11.6 Å². The molecule has 14 heavy (non-hydrogen) atoms. The first-order chi connectivity index (χ1) is 6.45. The van der Waals surface area contributed by atoms with Crippen molar-refractivity contribution in [2.24, 2.45) is 11.8 Å². The second-order valence-corrected chi connectivity index (χ2v) is 5.12. The molecule has 0 heterocycles. The zero-order chi connectivity index (χ0) is 11.1. The Bertz CT molecular complexity index is 129. The molecule has 1 N–H and O–H groups in total. The van der Waals surface area contributed by atoms with Gasteiger partial charge in [-0.1, -0.05) is 27.7 Å².